The normalized spacial score (nSPS) is 14.6. The molecular weight excluding hydrogens is 496 g/mol. The Morgan fingerprint density at radius 1 is 0.439 bits per heavy atom. The second kappa shape index (κ2) is 8.55. The second-order valence-corrected chi connectivity index (χ2v) is 10.3. The summed E-state index contributed by atoms with van der Waals surface area (Å²) >= 11 is 0. The van der Waals surface area contributed by atoms with Crippen LogP contribution >= 0.6 is 0 Å². The molecule has 0 unspecified atom stereocenters. The molecule has 190 valence electrons. The van der Waals surface area contributed by atoms with Crippen molar-refractivity contribution in [1.29, 1.82) is 0 Å². The first-order valence-electron chi connectivity index (χ1n) is 17.5. The van der Waals surface area contributed by atoms with E-state index >= 15 is 0 Å². The quantitative estimate of drug-likeness (QED) is 0.203. The lowest BCUT2D eigenvalue weighted by molar-refractivity contribution is 0.669. The molecule has 9 rings (SSSR count). The Morgan fingerprint density at radius 3 is 1.80 bits per heavy atom. The fourth-order valence-corrected chi connectivity index (χ4v) is 6.32. The third kappa shape index (κ3) is 3.24. The molecule has 0 atom stereocenters. The monoisotopic (exact) mass is 528 g/mol. The molecule has 0 fully saturated rings. The average Bonchev–Trinajstić information content (AvgIpc) is 3.53. The summed E-state index contributed by atoms with van der Waals surface area (Å²) in [7, 11) is 0. The summed E-state index contributed by atoms with van der Waals surface area (Å²) in [5, 5.41) is 5.98. The van der Waals surface area contributed by atoms with E-state index in [1.54, 1.807) is 6.07 Å². The van der Waals surface area contributed by atoms with Crippen molar-refractivity contribution in [1.82, 2.24) is 0 Å². The molecule has 0 aliphatic heterocycles. The zero-order valence-corrected chi connectivity index (χ0v) is 21.6. The highest BCUT2D eigenvalue weighted by molar-refractivity contribution is 6.28. The van der Waals surface area contributed by atoms with Crippen LogP contribution in [0.15, 0.2) is 150 Å². The van der Waals surface area contributed by atoms with Crippen LogP contribution in [0.3, 0.4) is 0 Å². The van der Waals surface area contributed by atoms with Crippen LogP contribution in [0.4, 0.5) is 0 Å². The van der Waals surface area contributed by atoms with Crippen LogP contribution in [0.1, 0.15) is 11.0 Å². The first-order valence-corrected chi connectivity index (χ1v) is 13.5. The first-order chi connectivity index (χ1) is 23.7. The van der Waals surface area contributed by atoms with Gasteiger partial charge in [0.15, 0.2) is 0 Å². The van der Waals surface area contributed by atoms with Gasteiger partial charge in [-0.1, -0.05) is 127 Å². The van der Waals surface area contributed by atoms with Crippen molar-refractivity contribution in [2.75, 3.05) is 0 Å². The average molecular weight is 529 g/mol. The number of benzene rings is 8. The minimum atomic E-state index is -0.432. The fourth-order valence-electron chi connectivity index (χ4n) is 6.32. The van der Waals surface area contributed by atoms with Crippen LogP contribution in [0.25, 0.3) is 87.3 Å². The maximum atomic E-state index is 9.36. The van der Waals surface area contributed by atoms with Crippen LogP contribution in [-0.4, -0.2) is 0 Å². The number of furan rings is 1. The van der Waals surface area contributed by atoms with Gasteiger partial charge in [-0.15, -0.1) is 0 Å². The highest BCUT2D eigenvalue weighted by Gasteiger charge is 2.21. The highest BCUT2D eigenvalue weighted by atomic mass is 16.3. The fraction of sp³-hybridized carbons (Fsp3) is 0. The number of rotatable bonds is 2. The Morgan fingerprint density at radius 2 is 1.05 bits per heavy atom. The van der Waals surface area contributed by atoms with Crippen LogP contribution in [0, 0.1) is 0 Å². The molecule has 8 aromatic carbocycles. The van der Waals surface area contributed by atoms with Gasteiger partial charge in [0.25, 0.3) is 0 Å². The molecule has 0 N–H and O–H groups in total. The van der Waals surface area contributed by atoms with Gasteiger partial charge in [-0.25, -0.2) is 0 Å². The van der Waals surface area contributed by atoms with Crippen molar-refractivity contribution in [3.05, 3.63) is 145 Å². The predicted molar refractivity (Wildman–Crippen MR) is 175 cm³/mol. The molecule has 0 aliphatic rings. The molecule has 1 aromatic heterocycles. The molecule has 41 heavy (non-hydrogen) atoms. The van der Waals surface area contributed by atoms with Gasteiger partial charge < -0.3 is 4.42 Å². The van der Waals surface area contributed by atoms with E-state index in [1.165, 1.54) is 0 Å². The Kier molecular flexibility index (Phi) is 3.34. The highest BCUT2D eigenvalue weighted by Crippen LogP contribution is 2.47. The summed E-state index contributed by atoms with van der Waals surface area (Å²) in [6, 6.07) is 27.8. The van der Waals surface area contributed by atoms with E-state index in [4.69, 9.17) is 9.90 Å². The van der Waals surface area contributed by atoms with Crippen molar-refractivity contribution in [3.8, 4) is 22.3 Å². The maximum absolute atomic E-state index is 9.36. The minimum Gasteiger partial charge on any atom is -0.456 e. The van der Waals surface area contributed by atoms with Crippen LogP contribution < -0.4 is 0 Å². The Hall–Kier alpha value is -5.40. The summed E-state index contributed by atoms with van der Waals surface area (Å²) < 4.78 is 78.8. The molecule has 0 saturated heterocycles. The standard InChI is InChI=1S/C40H24O/c1-2-12-27-24-28(21-20-25(27)10-1)37-30-14-5-7-16-32(30)38(33-17-8-6-15-31(33)37)34-18-9-19-35-40(34)39-29-13-4-3-11-26(29)22-23-36(39)41-35/h1-24H/i5D,6D,7D,8D,14D,15D,16D,17D. The van der Waals surface area contributed by atoms with Crippen molar-refractivity contribution in [2.24, 2.45) is 0 Å². The lowest BCUT2D eigenvalue weighted by Gasteiger charge is -2.18. The molecule has 0 saturated carbocycles. The number of hydrogen-bond donors (Lipinski definition) is 0. The molecule has 0 bridgehead atoms. The van der Waals surface area contributed by atoms with Crippen molar-refractivity contribution in [3.63, 3.8) is 0 Å². The van der Waals surface area contributed by atoms with E-state index in [1.807, 2.05) is 91.0 Å². The van der Waals surface area contributed by atoms with Gasteiger partial charge in [0, 0.05) is 10.8 Å². The van der Waals surface area contributed by atoms with E-state index < -0.39 is 24.2 Å². The molecular formula is C40H24O. The van der Waals surface area contributed by atoms with E-state index in [0.29, 0.717) is 38.8 Å². The van der Waals surface area contributed by atoms with E-state index in [-0.39, 0.29) is 45.7 Å². The maximum Gasteiger partial charge on any atom is 0.136 e. The van der Waals surface area contributed by atoms with Crippen LogP contribution in [0.5, 0.6) is 0 Å². The van der Waals surface area contributed by atoms with E-state index in [0.717, 1.165) is 26.9 Å². The molecule has 0 spiro atoms. The Bertz CT molecular complexity index is 2850. The zero-order chi connectivity index (χ0) is 33.9. The van der Waals surface area contributed by atoms with Gasteiger partial charge in [-0.05, 0) is 83.5 Å². The molecule has 1 heteroatoms. The summed E-state index contributed by atoms with van der Waals surface area (Å²) in [4.78, 5) is 0. The number of fused-ring (bicyclic) bond motifs is 8. The lowest BCUT2D eigenvalue weighted by atomic mass is 9.84. The lowest BCUT2D eigenvalue weighted by Crippen LogP contribution is -1.91. The summed E-state index contributed by atoms with van der Waals surface area (Å²) in [5.74, 6) is 0. The Labute approximate surface area is 248 Å². The summed E-state index contributed by atoms with van der Waals surface area (Å²) in [6.45, 7) is 0. The molecule has 0 aliphatic carbocycles. The van der Waals surface area contributed by atoms with Crippen LogP contribution in [0.2, 0.25) is 0 Å². The van der Waals surface area contributed by atoms with Gasteiger partial charge in [-0.3, -0.25) is 0 Å². The molecule has 9 aromatic rings. The predicted octanol–water partition coefficient (Wildman–Crippen LogP) is 11.5. The van der Waals surface area contributed by atoms with Gasteiger partial charge in [0.2, 0.25) is 0 Å². The molecule has 1 heterocycles. The van der Waals surface area contributed by atoms with E-state index in [9.17, 15) is 5.48 Å². The van der Waals surface area contributed by atoms with Gasteiger partial charge >= 0.3 is 0 Å². The molecule has 0 amide bonds. The van der Waals surface area contributed by atoms with Gasteiger partial charge in [0.05, 0.1) is 11.0 Å². The van der Waals surface area contributed by atoms with Crippen molar-refractivity contribution >= 4 is 65.0 Å². The molecule has 0 radical (unpaired) electrons. The topological polar surface area (TPSA) is 13.1 Å². The largest absolute Gasteiger partial charge is 0.456 e. The third-order valence-electron chi connectivity index (χ3n) is 8.07. The SMILES string of the molecule is [2H]c1c([2H])c([2H])c2c(-c3cccc4oc5ccc6ccccc6c5c34)c3c([2H])c([2H])c([2H])c([2H])c3c(-c3ccc4ccccc4c3)c2c1[2H]. The van der Waals surface area contributed by atoms with Crippen LogP contribution in [-0.2, 0) is 0 Å². The second-order valence-electron chi connectivity index (χ2n) is 10.3. The third-order valence-corrected chi connectivity index (χ3v) is 8.07. The van der Waals surface area contributed by atoms with E-state index in [2.05, 4.69) is 0 Å². The summed E-state index contributed by atoms with van der Waals surface area (Å²) in [6.07, 6.45) is 0. The number of hydrogen-bond acceptors (Lipinski definition) is 1. The van der Waals surface area contributed by atoms with Crippen molar-refractivity contribution < 1.29 is 15.4 Å². The Balaban J connectivity index is 1.61. The molecule has 1 nitrogen and oxygen atoms in total. The smallest absolute Gasteiger partial charge is 0.136 e. The van der Waals surface area contributed by atoms with Gasteiger partial charge in [-0.2, -0.15) is 0 Å². The van der Waals surface area contributed by atoms with Gasteiger partial charge in [0.1, 0.15) is 11.2 Å². The zero-order valence-electron chi connectivity index (χ0n) is 29.6. The first kappa shape index (κ1) is 16.0. The summed E-state index contributed by atoms with van der Waals surface area (Å²) in [5.41, 5.74) is 2.93. The minimum absolute atomic E-state index is 0.175. The van der Waals surface area contributed by atoms with Crippen molar-refractivity contribution in [2.45, 2.75) is 0 Å².